The second-order valence-electron chi connectivity index (χ2n) is 8.64. The number of anilines is 1. The first-order chi connectivity index (χ1) is 14.2. The molecular formula is C23H30N4O3. The van der Waals surface area contributed by atoms with Crippen LogP contribution < -0.4 is 10.1 Å². The lowest BCUT2D eigenvalue weighted by Crippen LogP contribution is -2.44. The molecule has 160 valence electrons. The first-order valence-electron chi connectivity index (χ1n) is 10.3. The van der Waals surface area contributed by atoms with Gasteiger partial charge in [-0.25, -0.2) is 9.97 Å². The maximum atomic E-state index is 12.9. The Morgan fingerprint density at radius 2 is 1.93 bits per heavy atom. The molecule has 1 aromatic carbocycles. The van der Waals surface area contributed by atoms with Crippen molar-refractivity contribution < 1.29 is 14.3 Å². The van der Waals surface area contributed by atoms with Crippen molar-refractivity contribution in [2.45, 2.75) is 53.0 Å². The molecular weight excluding hydrogens is 380 g/mol. The maximum Gasteiger partial charge on any atom is 0.259 e. The number of carbonyl (C=O) groups is 2. The van der Waals surface area contributed by atoms with E-state index in [0.29, 0.717) is 35.1 Å². The van der Waals surface area contributed by atoms with Crippen molar-refractivity contribution in [1.29, 1.82) is 0 Å². The quantitative estimate of drug-likeness (QED) is 0.819. The van der Waals surface area contributed by atoms with Crippen molar-refractivity contribution in [1.82, 2.24) is 14.9 Å². The largest absolute Gasteiger partial charge is 0.495 e. The van der Waals surface area contributed by atoms with Crippen LogP contribution in [0.4, 0.5) is 5.69 Å². The number of aromatic nitrogens is 2. The Bertz CT molecular complexity index is 936. The number of piperidine rings is 1. The summed E-state index contributed by atoms with van der Waals surface area (Å²) in [7, 11) is 1.56. The summed E-state index contributed by atoms with van der Waals surface area (Å²) in [5.41, 5.74) is 1.11. The summed E-state index contributed by atoms with van der Waals surface area (Å²) in [6, 6.07) is 7.07. The van der Waals surface area contributed by atoms with Crippen LogP contribution in [0.25, 0.3) is 0 Å². The average Bonchev–Trinajstić information content (AvgIpc) is 2.72. The number of benzene rings is 1. The van der Waals surface area contributed by atoms with Crippen molar-refractivity contribution in [3.05, 3.63) is 47.5 Å². The SMILES string of the molecule is COc1ccccc1NC(=O)c1cnc(C2CCCCN2C(=O)C(C)(C)C)nc1C. The van der Waals surface area contributed by atoms with Crippen molar-refractivity contribution >= 4 is 17.5 Å². The number of hydrogen-bond donors (Lipinski definition) is 1. The van der Waals surface area contributed by atoms with E-state index >= 15 is 0 Å². The van der Waals surface area contributed by atoms with Crippen LogP contribution in [-0.2, 0) is 4.79 Å². The van der Waals surface area contributed by atoms with Gasteiger partial charge in [-0.3, -0.25) is 9.59 Å². The van der Waals surface area contributed by atoms with E-state index in [2.05, 4.69) is 15.3 Å². The monoisotopic (exact) mass is 410 g/mol. The Morgan fingerprint density at radius 1 is 1.20 bits per heavy atom. The van der Waals surface area contributed by atoms with E-state index in [4.69, 9.17) is 4.74 Å². The zero-order valence-corrected chi connectivity index (χ0v) is 18.4. The lowest BCUT2D eigenvalue weighted by atomic mass is 9.91. The maximum absolute atomic E-state index is 12.9. The molecule has 0 bridgehead atoms. The van der Waals surface area contributed by atoms with Crippen LogP contribution in [0.2, 0.25) is 0 Å². The summed E-state index contributed by atoms with van der Waals surface area (Å²) in [5, 5.41) is 2.86. The van der Waals surface area contributed by atoms with Crippen LogP contribution in [0.15, 0.2) is 30.5 Å². The minimum absolute atomic E-state index is 0.103. The van der Waals surface area contributed by atoms with E-state index in [9.17, 15) is 9.59 Å². The standard InChI is InChI=1S/C23H30N4O3/c1-15-16(21(28)26-17-10-6-7-12-19(17)30-5)14-24-20(25-15)18-11-8-9-13-27(18)22(29)23(2,3)4/h6-7,10,12,14,18H,8-9,11,13H2,1-5H3,(H,26,28). The molecule has 7 nitrogen and oxygen atoms in total. The first kappa shape index (κ1) is 21.7. The van der Waals surface area contributed by atoms with Gasteiger partial charge in [0.05, 0.1) is 30.1 Å². The minimum Gasteiger partial charge on any atom is -0.495 e. The molecule has 0 spiro atoms. The molecule has 1 aromatic heterocycles. The number of para-hydroxylation sites is 2. The van der Waals surface area contributed by atoms with E-state index in [1.165, 1.54) is 0 Å². The van der Waals surface area contributed by atoms with Crippen LogP contribution in [0, 0.1) is 12.3 Å². The summed E-state index contributed by atoms with van der Waals surface area (Å²) < 4.78 is 5.29. The highest BCUT2D eigenvalue weighted by molar-refractivity contribution is 6.05. The molecule has 1 unspecified atom stereocenters. The summed E-state index contributed by atoms with van der Waals surface area (Å²) >= 11 is 0. The van der Waals surface area contributed by atoms with Gasteiger partial charge in [0.1, 0.15) is 5.75 Å². The van der Waals surface area contributed by atoms with Gasteiger partial charge in [-0.15, -0.1) is 0 Å². The Morgan fingerprint density at radius 3 is 2.60 bits per heavy atom. The van der Waals surface area contributed by atoms with Gasteiger partial charge in [0, 0.05) is 18.2 Å². The third-order valence-electron chi connectivity index (χ3n) is 5.30. The van der Waals surface area contributed by atoms with Crippen LogP contribution in [-0.4, -0.2) is 40.3 Å². The highest BCUT2D eigenvalue weighted by atomic mass is 16.5. The molecule has 2 aromatic rings. The highest BCUT2D eigenvalue weighted by Crippen LogP contribution is 2.33. The molecule has 1 fully saturated rings. The summed E-state index contributed by atoms with van der Waals surface area (Å²) in [5.74, 6) is 0.986. The van der Waals surface area contributed by atoms with Crippen molar-refractivity contribution in [3.8, 4) is 5.75 Å². The summed E-state index contributed by atoms with van der Waals surface area (Å²) in [6.07, 6.45) is 4.39. The van der Waals surface area contributed by atoms with Crippen molar-refractivity contribution in [3.63, 3.8) is 0 Å². The topological polar surface area (TPSA) is 84.4 Å². The van der Waals surface area contributed by atoms with Crippen LogP contribution in [0.5, 0.6) is 5.75 Å². The number of methoxy groups -OCH3 is 1. The van der Waals surface area contributed by atoms with Crippen LogP contribution in [0.3, 0.4) is 0 Å². The Kier molecular flexibility index (Phi) is 6.39. The summed E-state index contributed by atoms with van der Waals surface area (Å²) in [4.78, 5) is 36.7. The van der Waals surface area contributed by atoms with Gasteiger partial charge in [-0.05, 0) is 38.3 Å². The molecule has 2 amide bonds. The Balaban J connectivity index is 1.83. The molecule has 1 aliphatic rings. The molecule has 2 heterocycles. The number of hydrogen-bond acceptors (Lipinski definition) is 5. The molecule has 3 rings (SSSR count). The van der Waals surface area contributed by atoms with E-state index < -0.39 is 5.41 Å². The first-order valence-corrected chi connectivity index (χ1v) is 10.3. The van der Waals surface area contributed by atoms with Crippen LogP contribution in [0.1, 0.15) is 68.0 Å². The molecule has 0 radical (unpaired) electrons. The number of rotatable bonds is 4. The second kappa shape index (κ2) is 8.81. The molecule has 1 aliphatic heterocycles. The average molecular weight is 411 g/mol. The second-order valence-corrected chi connectivity index (χ2v) is 8.64. The Labute approximate surface area is 177 Å². The van der Waals surface area contributed by atoms with Crippen molar-refractivity contribution in [2.24, 2.45) is 5.41 Å². The third-order valence-corrected chi connectivity index (χ3v) is 5.30. The lowest BCUT2D eigenvalue weighted by molar-refractivity contribution is -0.143. The van der Waals surface area contributed by atoms with E-state index in [1.807, 2.05) is 37.8 Å². The van der Waals surface area contributed by atoms with E-state index in [-0.39, 0.29) is 17.9 Å². The fourth-order valence-electron chi connectivity index (χ4n) is 3.68. The van der Waals surface area contributed by atoms with Gasteiger partial charge in [0.2, 0.25) is 5.91 Å². The number of aryl methyl sites for hydroxylation is 1. The van der Waals surface area contributed by atoms with Gasteiger partial charge in [-0.2, -0.15) is 0 Å². The number of carbonyl (C=O) groups excluding carboxylic acids is 2. The lowest BCUT2D eigenvalue weighted by Gasteiger charge is -2.38. The number of nitrogens with zero attached hydrogens (tertiary/aromatic N) is 3. The number of ether oxygens (including phenoxy) is 1. The van der Waals surface area contributed by atoms with Gasteiger partial charge in [0.25, 0.3) is 5.91 Å². The number of likely N-dealkylation sites (tertiary alicyclic amines) is 1. The predicted molar refractivity (Wildman–Crippen MR) is 115 cm³/mol. The van der Waals surface area contributed by atoms with E-state index in [1.54, 1.807) is 32.4 Å². The fraction of sp³-hybridized carbons (Fsp3) is 0.478. The zero-order valence-electron chi connectivity index (χ0n) is 18.4. The molecule has 0 saturated carbocycles. The number of nitrogens with one attached hydrogen (secondary N) is 1. The molecule has 30 heavy (non-hydrogen) atoms. The molecule has 1 N–H and O–H groups in total. The number of amides is 2. The highest BCUT2D eigenvalue weighted by Gasteiger charge is 2.35. The normalized spacial score (nSPS) is 16.8. The third kappa shape index (κ3) is 4.61. The van der Waals surface area contributed by atoms with Crippen LogP contribution >= 0.6 is 0 Å². The van der Waals surface area contributed by atoms with Gasteiger partial charge in [0.15, 0.2) is 5.82 Å². The zero-order chi connectivity index (χ0) is 21.9. The van der Waals surface area contributed by atoms with Gasteiger partial charge < -0.3 is 15.0 Å². The molecule has 1 saturated heterocycles. The molecule has 1 atom stereocenters. The van der Waals surface area contributed by atoms with E-state index in [0.717, 1.165) is 19.3 Å². The molecule has 0 aliphatic carbocycles. The summed E-state index contributed by atoms with van der Waals surface area (Å²) in [6.45, 7) is 8.29. The van der Waals surface area contributed by atoms with Gasteiger partial charge in [-0.1, -0.05) is 32.9 Å². The smallest absolute Gasteiger partial charge is 0.259 e. The predicted octanol–water partition coefficient (Wildman–Crippen LogP) is 4.15. The van der Waals surface area contributed by atoms with Crippen molar-refractivity contribution in [2.75, 3.05) is 19.0 Å². The Hall–Kier alpha value is -2.96. The minimum atomic E-state index is -0.459. The molecule has 7 heteroatoms. The van der Waals surface area contributed by atoms with Gasteiger partial charge >= 0.3 is 0 Å². The fourth-order valence-corrected chi connectivity index (χ4v) is 3.68.